The van der Waals surface area contributed by atoms with Gasteiger partial charge in [0.25, 0.3) is 0 Å². The topological polar surface area (TPSA) is 29.9 Å². The van der Waals surface area contributed by atoms with Crippen molar-refractivity contribution in [3.63, 3.8) is 0 Å². The standard InChI is InChI=1S/C14H18BrN3S/c1-10-8-17-18(9-10)6-5-16-12-3-2-4-13-11(12)7-14(15)19-13/h7-9,12,16H,2-6H2,1H3. The number of nitrogens with zero attached hydrogens (tertiary/aromatic N) is 2. The second kappa shape index (κ2) is 5.77. The summed E-state index contributed by atoms with van der Waals surface area (Å²) < 4.78 is 3.27. The SMILES string of the molecule is Cc1cnn(CCNC2CCCc3sc(Br)cc32)c1. The van der Waals surface area contributed by atoms with Gasteiger partial charge < -0.3 is 5.32 Å². The number of aromatic nitrogens is 2. The summed E-state index contributed by atoms with van der Waals surface area (Å²) in [6.45, 7) is 3.98. The summed E-state index contributed by atoms with van der Waals surface area (Å²) in [6.07, 6.45) is 7.78. The number of halogens is 1. The molecule has 0 amide bonds. The molecule has 2 aromatic heterocycles. The summed E-state index contributed by atoms with van der Waals surface area (Å²) in [7, 11) is 0. The van der Waals surface area contributed by atoms with E-state index in [1.807, 2.05) is 22.2 Å². The molecule has 0 radical (unpaired) electrons. The molecular weight excluding hydrogens is 322 g/mol. The van der Waals surface area contributed by atoms with Gasteiger partial charge in [-0.15, -0.1) is 11.3 Å². The van der Waals surface area contributed by atoms with Crippen molar-refractivity contribution in [1.29, 1.82) is 0 Å². The Morgan fingerprint density at radius 1 is 1.58 bits per heavy atom. The Bertz CT molecular complexity index is 561. The highest BCUT2D eigenvalue weighted by Gasteiger charge is 2.21. The van der Waals surface area contributed by atoms with Crippen LogP contribution in [0.15, 0.2) is 22.2 Å². The van der Waals surface area contributed by atoms with Crippen molar-refractivity contribution in [2.24, 2.45) is 0 Å². The fourth-order valence-corrected chi connectivity index (χ4v) is 4.50. The summed E-state index contributed by atoms with van der Waals surface area (Å²) in [5, 5.41) is 7.99. The van der Waals surface area contributed by atoms with Crippen LogP contribution in [0.25, 0.3) is 0 Å². The average Bonchev–Trinajstić information content (AvgIpc) is 2.95. The minimum Gasteiger partial charge on any atom is -0.308 e. The number of hydrogen-bond donors (Lipinski definition) is 1. The molecule has 5 heteroatoms. The summed E-state index contributed by atoms with van der Waals surface area (Å²) in [4.78, 5) is 1.55. The van der Waals surface area contributed by atoms with Crippen LogP contribution in [0.5, 0.6) is 0 Å². The second-order valence-corrected chi connectivity index (χ2v) is 7.62. The maximum atomic E-state index is 4.32. The Morgan fingerprint density at radius 3 is 3.26 bits per heavy atom. The van der Waals surface area contributed by atoms with E-state index in [9.17, 15) is 0 Å². The van der Waals surface area contributed by atoms with Gasteiger partial charge in [-0.3, -0.25) is 4.68 Å². The smallest absolute Gasteiger partial charge is 0.0704 e. The van der Waals surface area contributed by atoms with Crippen molar-refractivity contribution in [3.05, 3.63) is 38.3 Å². The van der Waals surface area contributed by atoms with Gasteiger partial charge in [-0.05, 0) is 59.3 Å². The van der Waals surface area contributed by atoms with Crippen LogP contribution >= 0.6 is 27.3 Å². The van der Waals surface area contributed by atoms with E-state index in [0.29, 0.717) is 6.04 Å². The van der Waals surface area contributed by atoms with Gasteiger partial charge in [0.15, 0.2) is 0 Å². The Morgan fingerprint density at radius 2 is 2.47 bits per heavy atom. The van der Waals surface area contributed by atoms with Crippen molar-refractivity contribution in [2.45, 2.75) is 38.8 Å². The number of rotatable bonds is 4. The van der Waals surface area contributed by atoms with E-state index in [1.165, 1.54) is 34.2 Å². The van der Waals surface area contributed by atoms with E-state index in [4.69, 9.17) is 0 Å². The first kappa shape index (κ1) is 13.3. The van der Waals surface area contributed by atoms with Crippen molar-refractivity contribution in [2.75, 3.05) is 6.54 Å². The van der Waals surface area contributed by atoms with Crippen LogP contribution in [0.1, 0.15) is 34.9 Å². The third kappa shape index (κ3) is 3.09. The van der Waals surface area contributed by atoms with Crippen LogP contribution in [-0.4, -0.2) is 16.3 Å². The Labute approximate surface area is 126 Å². The molecular formula is C14H18BrN3S. The molecule has 0 bridgehead atoms. The number of aryl methyl sites for hydroxylation is 2. The van der Waals surface area contributed by atoms with Crippen LogP contribution < -0.4 is 5.32 Å². The van der Waals surface area contributed by atoms with Gasteiger partial charge >= 0.3 is 0 Å². The molecule has 19 heavy (non-hydrogen) atoms. The highest BCUT2D eigenvalue weighted by molar-refractivity contribution is 9.11. The predicted octanol–water partition coefficient (Wildman–Crippen LogP) is 3.68. The molecule has 2 heterocycles. The number of hydrogen-bond acceptors (Lipinski definition) is 3. The van der Waals surface area contributed by atoms with Crippen LogP contribution in [0.4, 0.5) is 0 Å². The first-order valence-electron chi connectivity index (χ1n) is 6.73. The predicted molar refractivity (Wildman–Crippen MR) is 82.7 cm³/mol. The van der Waals surface area contributed by atoms with Gasteiger partial charge in [0.2, 0.25) is 0 Å². The third-order valence-electron chi connectivity index (χ3n) is 3.58. The second-order valence-electron chi connectivity index (χ2n) is 5.11. The summed E-state index contributed by atoms with van der Waals surface area (Å²) >= 11 is 5.49. The summed E-state index contributed by atoms with van der Waals surface area (Å²) in [6, 6.07) is 2.80. The van der Waals surface area contributed by atoms with Crippen LogP contribution in [0.2, 0.25) is 0 Å². The molecule has 2 aromatic rings. The van der Waals surface area contributed by atoms with Gasteiger partial charge in [0, 0.05) is 23.7 Å². The van der Waals surface area contributed by atoms with Crippen molar-refractivity contribution in [1.82, 2.24) is 15.1 Å². The normalized spacial score (nSPS) is 18.5. The molecule has 0 saturated heterocycles. The molecule has 0 saturated carbocycles. The van der Waals surface area contributed by atoms with Gasteiger partial charge in [0.05, 0.1) is 16.5 Å². The van der Waals surface area contributed by atoms with E-state index >= 15 is 0 Å². The molecule has 0 fully saturated rings. The van der Waals surface area contributed by atoms with Gasteiger partial charge in [-0.2, -0.15) is 5.10 Å². The lowest BCUT2D eigenvalue weighted by atomic mass is 9.94. The monoisotopic (exact) mass is 339 g/mol. The Hall–Kier alpha value is -0.650. The number of thiophene rings is 1. The van der Waals surface area contributed by atoms with Crippen LogP contribution in [0, 0.1) is 6.92 Å². The molecule has 3 rings (SSSR count). The molecule has 102 valence electrons. The van der Waals surface area contributed by atoms with Gasteiger partial charge in [-0.25, -0.2) is 0 Å². The van der Waals surface area contributed by atoms with E-state index in [-0.39, 0.29) is 0 Å². The molecule has 1 aliphatic carbocycles. The maximum absolute atomic E-state index is 4.32. The Kier molecular flexibility index (Phi) is 4.05. The lowest BCUT2D eigenvalue weighted by Gasteiger charge is -2.23. The first-order valence-corrected chi connectivity index (χ1v) is 8.34. The zero-order valence-electron chi connectivity index (χ0n) is 11.0. The van der Waals surface area contributed by atoms with Crippen molar-refractivity contribution < 1.29 is 0 Å². The lowest BCUT2D eigenvalue weighted by molar-refractivity contribution is 0.440. The summed E-state index contributed by atoms with van der Waals surface area (Å²) in [5.41, 5.74) is 2.72. The Balaban J connectivity index is 1.59. The fourth-order valence-electron chi connectivity index (χ4n) is 2.68. The number of nitrogens with one attached hydrogen (secondary N) is 1. The fraction of sp³-hybridized carbons (Fsp3) is 0.500. The minimum atomic E-state index is 0.517. The maximum Gasteiger partial charge on any atom is 0.0704 e. The molecule has 1 N–H and O–H groups in total. The number of fused-ring (bicyclic) bond motifs is 1. The van der Waals surface area contributed by atoms with E-state index in [2.05, 4.69) is 45.5 Å². The van der Waals surface area contributed by atoms with E-state index < -0.39 is 0 Å². The van der Waals surface area contributed by atoms with Crippen molar-refractivity contribution >= 4 is 27.3 Å². The molecule has 1 unspecified atom stereocenters. The zero-order chi connectivity index (χ0) is 13.2. The highest BCUT2D eigenvalue weighted by Crippen LogP contribution is 2.37. The zero-order valence-corrected chi connectivity index (χ0v) is 13.4. The van der Waals surface area contributed by atoms with E-state index in [1.54, 1.807) is 4.88 Å². The van der Waals surface area contributed by atoms with E-state index in [0.717, 1.165) is 13.1 Å². The first-order chi connectivity index (χ1) is 9.22. The molecule has 1 atom stereocenters. The van der Waals surface area contributed by atoms with Gasteiger partial charge in [0.1, 0.15) is 0 Å². The molecule has 1 aliphatic rings. The average molecular weight is 340 g/mol. The molecule has 3 nitrogen and oxygen atoms in total. The highest BCUT2D eigenvalue weighted by atomic mass is 79.9. The summed E-state index contributed by atoms with van der Waals surface area (Å²) in [5.74, 6) is 0. The molecule has 0 aliphatic heterocycles. The van der Waals surface area contributed by atoms with Crippen molar-refractivity contribution in [3.8, 4) is 0 Å². The minimum absolute atomic E-state index is 0.517. The molecule has 0 spiro atoms. The van der Waals surface area contributed by atoms with Gasteiger partial charge in [-0.1, -0.05) is 0 Å². The van der Waals surface area contributed by atoms with Crippen LogP contribution in [0.3, 0.4) is 0 Å². The third-order valence-corrected chi connectivity index (χ3v) is 5.29. The molecule has 0 aromatic carbocycles. The quantitative estimate of drug-likeness (QED) is 0.920. The largest absolute Gasteiger partial charge is 0.308 e. The van der Waals surface area contributed by atoms with Crippen LogP contribution in [-0.2, 0) is 13.0 Å². The lowest BCUT2D eigenvalue weighted by Crippen LogP contribution is -2.27.